The number of piperidine rings is 1. The van der Waals surface area contributed by atoms with Crippen molar-refractivity contribution >= 4 is 23.6 Å². The van der Waals surface area contributed by atoms with E-state index < -0.39 is 35.3 Å². The maximum atomic E-state index is 14.5. The minimum atomic E-state index is -1.35. The number of nitrogens with one attached hydrogen (secondary N) is 2. The van der Waals surface area contributed by atoms with Gasteiger partial charge in [0.15, 0.2) is 0 Å². The molecule has 1 aromatic rings. The zero-order chi connectivity index (χ0) is 20.8. The first-order valence-corrected chi connectivity index (χ1v) is 9.72. The lowest BCUT2D eigenvalue weighted by atomic mass is 10.0. The SMILES string of the molecule is CC1(F)CNCCN(Cc2ccc3c(c2)C(=O)N(C2CCC(=O)NC2=O)C3=O)C1. The number of carbonyl (C=O) groups is 4. The van der Waals surface area contributed by atoms with E-state index in [1.807, 2.05) is 4.90 Å². The highest BCUT2D eigenvalue weighted by atomic mass is 19.1. The maximum Gasteiger partial charge on any atom is 0.262 e. The lowest BCUT2D eigenvalue weighted by Gasteiger charge is -2.27. The predicted molar refractivity (Wildman–Crippen MR) is 101 cm³/mol. The summed E-state index contributed by atoms with van der Waals surface area (Å²) < 4.78 is 14.5. The summed E-state index contributed by atoms with van der Waals surface area (Å²) in [7, 11) is 0. The molecule has 4 amide bonds. The molecule has 3 aliphatic heterocycles. The van der Waals surface area contributed by atoms with E-state index in [0.29, 0.717) is 26.2 Å². The third-order valence-corrected chi connectivity index (χ3v) is 5.56. The molecule has 2 saturated heterocycles. The molecule has 2 N–H and O–H groups in total. The number of halogens is 1. The van der Waals surface area contributed by atoms with Gasteiger partial charge < -0.3 is 5.32 Å². The second-order valence-corrected chi connectivity index (χ2v) is 8.13. The molecular weight excluding hydrogens is 379 g/mol. The third kappa shape index (κ3) is 3.79. The standard InChI is InChI=1S/C20H23FN4O4/c1-20(21)10-22-6-7-24(11-20)9-12-2-3-13-14(8-12)19(29)25(18(13)28)15-4-5-16(26)23-17(15)27/h2-3,8,15,22H,4-7,9-11H2,1H3,(H,23,26,27). The van der Waals surface area contributed by atoms with Gasteiger partial charge in [-0.25, -0.2) is 4.39 Å². The third-order valence-electron chi connectivity index (χ3n) is 5.56. The number of rotatable bonds is 3. The highest BCUT2D eigenvalue weighted by Crippen LogP contribution is 2.29. The molecular formula is C20H23FN4O4. The van der Waals surface area contributed by atoms with Crippen molar-refractivity contribution in [2.45, 2.75) is 38.0 Å². The number of hydrogen-bond donors (Lipinski definition) is 2. The van der Waals surface area contributed by atoms with Gasteiger partial charge in [-0.1, -0.05) is 6.07 Å². The summed E-state index contributed by atoms with van der Waals surface area (Å²) in [5.74, 6) is -2.09. The minimum Gasteiger partial charge on any atom is -0.312 e. The summed E-state index contributed by atoms with van der Waals surface area (Å²) in [5.41, 5.74) is -0.0566. The van der Waals surface area contributed by atoms with E-state index in [1.165, 1.54) is 0 Å². The molecule has 0 radical (unpaired) electrons. The molecule has 3 heterocycles. The van der Waals surface area contributed by atoms with Crippen LogP contribution in [-0.4, -0.2) is 71.3 Å². The summed E-state index contributed by atoms with van der Waals surface area (Å²) >= 11 is 0. The average Bonchev–Trinajstić information content (AvgIpc) is 2.78. The normalized spacial score (nSPS) is 28.3. The zero-order valence-electron chi connectivity index (χ0n) is 16.2. The molecule has 0 aromatic heterocycles. The Morgan fingerprint density at radius 3 is 2.69 bits per heavy atom. The number of nitrogens with zero attached hydrogens (tertiary/aromatic N) is 2. The second-order valence-electron chi connectivity index (χ2n) is 8.13. The molecule has 1 aromatic carbocycles. The fraction of sp³-hybridized carbons (Fsp3) is 0.500. The Hall–Kier alpha value is -2.65. The summed E-state index contributed by atoms with van der Waals surface area (Å²) in [6.45, 7) is 3.92. The quantitative estimate of drug-likeness (QED) is 0.702. The number of alkyl halides is 1. The van der Waals surface area contributed by atoms with Crippen molar-refractivity contribution in [3.8, 4) is 0 Å². The van der Waals surface area contributed by atoms with Crippen LogP contribution in [0.1, 0.15) is 46.0 Å². The topological polar surface area (TPSA) is 98.8 Å². The minimum absolute atomic E-state index is 0.0834. The Morgan fingerprint density at radius 2 is 1.93 bits per heavy atom. The summed E-state index contributed by atoms with van der Waals surface area (Å²) in [4.78, 5) is 52.0. The smallest absolute Gasteiger partial charge is 0.262 e. The van der Waals surface area contributed by atoms with E-state index in [-0.39, 0.29) is 30.5 Å². The van der Waals surface area contributed by atoms with Gasteiger partial charge in [-0.15, -0.1) is 0 Å². The number of imide groups is 2. The molecule has 2 atom stereocenters. The first-order chi connectivity index (χ1) is 13.7. The van der Waals surface area contributed by atoms with Gasteiger partial charge >= 0.3 is 0 Å². The van der Waals surface area contributed by atoms with E-state index in [1.54, 1.807) is 25.1 Å². The van der Waals surface area contributed by atoms with Crippen LogP contribution in [-0.2, 0) is 16.1 Å². The summed E-state index contributed by atoms with van der Waals surface area (Å²) in [6, 6.07) is 4.01. The van der Waals surface area contributed by atoms with Crippen molar-refractivity contribution in [2.75, 3.05) is 26.2 Å². The van der Waals surface area contributed by atoms with E-state index >= 15 is 0 Å². The number of hydrogen-bond acceptors (Lipinski definition) is 6. The first kappa shape index (κ1) is 19.7. The van der Waals surface area contributed by atoms with Gasteiger partial charge in [-0.3, -0.25) is 34.3 Å². The predicted octanol–water partition coefficient (Wildman–Crippen LogP) is 0.221. The molecule has 0 spiro atoms. The number of benzene rings is 1. The van der Waals surface area contributed by atoms with Crippen LogP contribution in [0.2, 0.25) is 0 Å². The number of amides is 4. The molecule has 9 heteroatoms. The van der Waals surface area contributed by atoms with Crippen LogP contribution in [0.15, 0.2) is 18.2 Å². The van der Waals surface area contributed by atoms with Crippen molar-refractivity contribution in [3.63, 3.8) is 0 Å². The van der Waals surface area contributed by atoms with Gasteiger partial charge in [-0.05, 0) is 31.0 Å². The Kier molecular flexibility index (Phi) is 4.95. The van der Waals surface area contributed by atoms with Gasteiger partial charge in [0.25, 0.3) is 11.8 Å². The fourth-order valence-electron chi connectivity index (χ4n) is 4.20. The van der Waals surface area contributed by atoms with Crippen LogP contribution in [0.4, 0.5) is 4.39 Å². The Labute approximate surface area is 167 Å². The van der Waals surface area contributed by atoms with Crippen LogP contribution < -0.4 is 10.6 Å². The molecule has 2 fully saturated rings. The van der Waals surface area contributed by atoms with Crippen molar-refractivity contribution < 1.29 is 23.6 Å². The van der Waals surface area contributed by atoms with Gasteiger partial charge in [0, 0.05) is 39.1 Å². The van der Waals surface area contributed by atoms with Crippen molar-refractivity contribution in [1.29, 1.82) is 0 Å². The van der Waals surface area contributed by atoms with Gasteiger partial charge in [0.05, 0.1) is 11.1 Å². The Balaban J connectivity index is 1.54. The molecule has 0 aliphatic carbocycles. The molecule has 4 rings (SSSR count). The van der Waals surface area contributed by atoms with Crippen molar-refractivity contribution in [2.24, 2.45) is 0 Å². The van der Waals surface area contributed by atoms with Gasteiger partial charge in [0.1, 0.15) is 11.7 Å². The molecule has 29 heavy (non-hydrogen) atoms. The highest BCUT2D eigenvalue weighted by Gasteiger charge is 2.44. The summed E-state index contributed by atoms with van der Waals surface area (Å²) in [6.07, 6.45) is 0.207. The van der Waals surface area contributed by atoms with Gasteiger partial charge in [0.2, 0.25) is 11.8 Å². The largest absolute Gasteiger partial charge is 0.312 e. The van der Waals surface area contributed by atoms with Crippen LogP contribution >= 0.6 is 0 Å². The molecule has 2 unspecified atom stereocenters. The summed E-state index contributed by atoms with van der Waals surface area (Å²) in [5, 5.41) is 5.25. The molecule has 0 bridgehead atoms. The van der Waals surface area contributed by atoms with Crippen LogP contribution in [0, 0.1) is 0 Å². The Bertz CT molecular complexity index is 900. The Morgan fingerprint density at radius 1 is 1.17 bits per heavy atom. The van der Waals surface area contributed by atoms with Crippen molar-refractivity contribution in [3.05, 3.63) is 34.9 Å². The lowest BCUT2D eigenvalue weighted by Crippen LogP contribution is -2.54. The molecule has 8 nitrogen and oxygen atoms in total. The van der Waals surface area contributed by atoms with E-state index in [0.717, 1.165) is 10.5 Å². The van der Waals surface area contributed by atoms with Crippen LogP contribution in [0.25, 0.3) is 0 Å². The number of carbonyl (C=O) groups excluding carboxylic acids is 4. The highest BCUT2D eigenvalue weighted by molar-refractivity contribution is 6.23. The number of fused-ring (bicyclic) bond motifs is 1. The average molecular weight is 402 g/mol. The van der Waals surface area contributed by atoms with Crippen molar-refractivity contribution in [1.82, 2.24) is 20.4 Å². The molecule has 154 valence electrons. The van der Waals surface area contributed by atoms with Crippen LogP contribution in [0.3, 0.4) is 0 Å². The maximum absolute atomic E-state index is 14.5. The van der Waals surface area contributed by atoms with Crippen LogP contribution in [0.5, 0.6) is 0 Å². The molecule has 3 aliphatic rings. The van der Waals surface area contributed by atoms with E-state index in [2.05, 4.69) is 10.6 Å². The van der Waals surface area contributed by atoms with Gasteiger partial charge in [-0.2, -0.15) is 0 Å². The lowest BCUT2D eigenvalue weighted by molar-refractivity contribution is -0.136. The monoisotopic (exact) mass is 402 g/mol. The van der Waals surface area contributed by atoms with E-state index in [9.17, 15) is 23.6 Å². The zero-order valence-corrected chi connectivity index (χ0v) is 16.2. The first-order valence-electron chi connectivity index (χ1n) is 9.72. The fourth-order valence-corrected chi connectivity index (χ4v) is 4.20. The second kappa shape index (κ2) is 7.31. The van der Waals surface area contributed by atoms with E-state index in [4.69, 9.17) is 0 Å². The molecule has 0 saturated carbocycles.